The summed E-state index contributed by atoms with van der Waals surface area (Å²) in [6, 6.07) is 9.82. The minimum Gasteiger partial charge on any atom is -0.0656 e. The maximum atomic E-state index is 2.47. The molecule has 4 aliphatic rings. The summed E-state index contributed by atoms with van der Waals surface area (Å²) in [5, 5.41) is 1.61. The van der Waals surface area contributed by atoms with Crippen molar-refractivity contribution in [2.75, 3.05) is 0 Å². The molecule has 4 saturated carbocycles. The molecule has 2 bridgehead atoms. The predicted molar refractivity (Wildman–Crippen MR) is 94.0 cm³/mol. The van der Waals surface area contributed by atoms with Gasteiger partial charge in [-0.1, -0.05) is 68.4 Å². The summed E-state index contributed by atoms with van der Waals surface area (Å²) in [5.41, 5.74) is 3.05. The lowest BCUT2D eigenvalue weighted by molar-refractivity contribution is -0.187. The fourth-order valence-corrected chi connectivity index (χ4v) is 6.81. The molecule has 1 aromatic rings. The Bertz CT molecular complexity index is 508. The maximum absolute atomic E-state index is 2.47. The Kier molecular flexibility index (Phi) is 2.99. The Hall–Kier alpha value is -0.563. The van der Waals surface area contributed by atoms with Crippen molar-refractivity contribution in [1.29, 1.82) is 0 Å². The van der Waals surface area contributed by atoms with Crippen LogP contribution in [-0.2, 0) is 5.41 Å². The maximum Gasteiger partial charge on any atom is 0.0775 e. The van der Waals surface area contributed by atoms with E-state index in [0.717, 1.165) is 11.3 Å². The minimum atomic E-state index is -1.14. The third-order valence-corrected chi connectivity index (χ3v) is 8.97. The van der Waals surface area contributed by atoms with Crippen LogP contribution < -0.4 is 5.19 Å². The number of rotatable bonds is 3. The van der Waals surface area contributed by atoms with Gasteiger partial charge in [-0.15, -0.1) is 0 Å². The normalized spacial score (nSPS) is 36.0. The van der Waals surface area contributed by atoms with Gasteiger partial charge in [-0.3, -0.25) is 0 Å². The van der Waals surface area contributed by atoms with Gasteiger partial charge >= 0.3 is 0 Å². The molecular weight excluding hydrogens is 268 g/mol. The van der Waals surface area contributed by atoms with Crippen LogP contribution in [0, 0.1) is 11.3 Å². The average Bonchev–Trinajstić information content (AvgIpc) is 2.36. The van der Waals surface area contributed by atoms with E-state index in [1.165, 1.54) is 51.4 Å². The van der Waals surface area contributed by atoms with Gasteiger partial charge in [0.15, 0.2) is 0 Å². The molecule has 0 spiro atoms. The van der Waals surface area contributed by atoms with Gasteiger partial charge in [0.1, 0.15) is 0 Å². The lowest BCUT2D eigenvalue weighted by Crippen LogP contribution is -2.67. The first-order chi connectivity index (χ1) is 9.94. The second-order valence-electron chi connectivity index (χ2n) is 9.34. The van der Waals surface area contributed by atoms with Crippen molar-refractivity contribution >= 4 is 13.3 Å². The van der Waals surface area contributed by atoms with Crippen LogP contribution in [0.25, 0.3) is 0 Å². The van der Waals surface area contributed by atoms with Gasteiger partial charge in [0.2, 0.25) is 0 Å². The molecule has 0 radical (unpaired) electrons. The minimum absolute atomic E-state index is 0.607. The molecule has 0 aromatic heterocycles. The Labute approximate surface area is 131 Å². The molecule has 0 aliphatic heterocycles. The monoisotopic (exact) mass is 298 g/mol. The summed E-state index contributed by atoms with van der Waals surface area (Å²) < 4.78 is 0. The molecule has 0 saturated heterocycles. The third kappa shape index (κ3) is 2.07. The molecule has 1 heteroatoms. The molecule has 1 aromatic carbocycles. The molecule has 0 heterocycles. The largest absolute Gasteiger partial charge is 0.0775 e. The van der Waals surface area contributed by atoms with Crippen molar-refractivity contribution in [2.24, 2.45) is 11.3 Å². The fraction of sp³-hybridized carbons (Fsp3) is 0.700. The second-order valence-corrected chi connectivity index (χ2v) is 14.4. The van der Waals surface area contributed by atoms with E-state index in [9.17, 15) is 0 Å². The molecule has 0 unspecified atom stereocenters. The van der Waals surface area contributed by atoms with Crippen molar-refractivity contribution in [3.63, 3.8) is 0 Å². The van der Waals surface area contributed by atoms with Crippen LogP contribution in [-0.4, -0.2) is 8.07 Å². The number of hydrogen-bond donors (Lipinski definition) is 0. The Morgan fingerprint density at radius 1 is 0.857 bits per heavy atom. The van der Waals surface area contributed by atoms with Crippen molar-refractivity contribution in [3.8, 4) is 0 Å². The van der Waals surface area contributed by atoms with E-state index >= 15 is 0 Å². The summed E-state index contributed by atoms with van der Waals surface area (Å²) in [5.74, 6) is 1.08. The molecule has 0 N–H and O–H groups in total. The summed E-state index contributed by atoms with van der Waals surface area (Å²) >= 11 is 0. The highest BCUT2D eigenvalue weighted by Gasteiger charge is 2.70. The first-order valence-corrected chi connectivity index (χ1v) is 12.5. The Morgan fingerprint density at radius 2 is 1.43 bits per heavy atom. The van der Waals surface area contributed by atoms with E-state index < -0.39 is 8.07 Å². The smallest absolute Gasteiger partial charge is 0.0656 e. The zero-order valence-corrected chi connectivity index (χ0v) is 15.0. The predicted octanol–water partition coefficient (Wildman–Crippen LogP) is 5.23. The quantitative estimate of drug-likeness (QED) is 0.670. The highest BCUT2D eigenvalue weighted by atomic mass is 28.3. The van der Waals surface area contributed by atoms with Crippen LogP contribution in [0.1, 0.15) is 56.9 Å². The van der Waals surface area contributed by atoms with Crippen LogP contribution in [0.15, 0.2) is 24.3 Å². The second kappa shape index (κ2) is 4.47. The lowest BCUT2D eigenvalue weighted by atomic mass is 9.30. The van der Waals surface area contributed by atoms with Crippen molar-refractivity contribution < 1.29 is 0 Å². The zero-order valence-electron chi connectivity index (χ0n) is 14.0. The molecular formula is C20H30Si. The average molecular weight is 299 g/mol. The molecule has 114 valence electrons. The molecule has 21 heavy (non-hydrogen) atoms. The van der Waals surface area contributed by atoms with E-state index in [1.54, 1.807) is 10.8 Å². The van der Waals surface area contributed by atoms with Crippen LogP contribution >= 0.6 is 0 Å². The van der Waals surface area contributed by atoms with Crippen molar-refractivity contribution in [3.05, 3.63) is 29.8 Å². The molecule has 5 rings (SSSR count). The highest BCUT2D eigenvalue weighted by Crippen LogP contribution is 2.77. The molecule has 4 fully saturated rings. The van der Waals surface area contributed by atoms with Crippen molar-refractivity contribution in [2.45, 2.75) is 76.4 Å². The van der Waals surface area contributed by atoms with Gasteiger partial charge in [0.05, 0.1) is 8.07 Å². The number of hydrogen-bond acceptors (Lipinski definition) is 0. The zero-order chi connectivity index (χ0) is 14.7. The first kappa shape index (κ1) is 14.1. The van der Waals surface area contributed by atoms with E-state index in [0.29, 0.717) is 5.41 Å². The van der Waals surface area contributed by atoms with Crippen molar-refractivity contribution in [1.82, 2.24) is 0 Å². The van der Waals surface area contributed by atoms with Crippen LogP contribution in [0.2, 0.25) is 19.6 Å². The SMILES string of the molecule is C[Si](C)(C)c1ccc(C23CC(C4CCCCC4)(C2)C3)cc1. The molecule has 0 amide bonds. The van der Waals surface area contributed by atoms with Crippen LogP contribution in [0.5, 0.6) is 0 Å². The summed E-state index contributed by atoms with van der Waals surface area (Å²) in [6.07, 6.45) is 12.1. The highest BCUT2D eigenvalue weighted by molar-refractivity contribution is 6.88. The fourth-order valence-electron chi connectivity index (χ4n) is 5.64. The van der Waals surface area contributed by atoms with Crippen LogP contribution in [0.3, 0.4) is 0 Å². The topological polar surface area (TPSA) is 0 Å². The van der Waals surface area contributed by atoms with Gasteiger partial charge in [0, 0.05) is 0 Å². The van der Waals surface area contributed by atoms with E-state index in [4.69, 9.17) is 0 Å². The Balaban J connectivity index is 1.46. The molecule has 0 atom stereocenters. The van der Waals surface area contributed by atoms with E-state index in [2.05, 4.69) is 43.9 Å². The van der Waals surface area contributed by atoms with Gasteiger partial charge in [-0.2, -0.15) is 0 Å². The van der Waals surface area contributed by atoms with Crippen LogP contribution in [0.4, 0.5) is 0 Å². The lowest BCUT2D eigenvalue weighted by Gasteiger charge is -2.74. The van der Waals surface area contributed by atoms with E-state index in [-0.39, 0.29) is 0 Å². The summed E-state index contributed by atoms with van der Waals surface area (Å²) in [4.78, 5) is 0. The molecule has 4 aliphatic carbocycles. The third-order valence-electron chi connectivity index (χ3n) is 6.91. The van der Waals surface area contributed by atoms with Gasteiger partial charge < -0.3 is 0 Å². The van der Waals surface area contributed by atoms with E-state index in [1.807, 2.05) is 0 Å². The van der Waals surface area contributed by atoms with Gasteiger partial charge in [0.25, 0.3) is 0 Å². The van der Waals surface area contributed by atoms with Gasteiger partial charge in [-0.25, -0.2) is 0 Å². The van der Waals surface area contributed by atoms with Gasteiger partial charge in [-0.05, 0) is 54.4 Å². The molecule has 0 nitrogen and oxygen atoms in total. The summed E-state index contributed by atoms with van der Waals surface area (Å²) in [6.45, 7) is 7.34. The Morgan fingerprint density at radius 3 is 1.95 bits per heavy atom. The number of benzene rings is 1. The standard InChI is InChI=1S/C20H30Si/c1-21(2,3)18-11-9-17(10-12-18)20-13-19(14-20,15-20)16-7-5-4-6-8-16/h9-12,16H,4-8,13-15H2,1-3H3. The first-order valence-electron chi connectivity index (χ1n) is 9.05. The summed E-state index contributed by atoms with van der Waals surface area (Å²) in [7, 11) is -1.14.